The van der Waals surface area contributed by atoms with Crippen molar-refractivity contribution in [2.45, 2.75) is 55.7 Å². The third-order valence-corrected chi connectivity index (χ3v) is 7.76. The molecule has 2 aliphatic heterocycles. The molecule has 0 radical (unpaired) electrons. The fourth-order valence-corrected chi connectivity index (χ4v) is 6.26. The molecule has 1 N–H and O–H groups in total. The Balaban J connectivity index is 1.20. The number of hydrogen-bond acceptors (Lipinski definition) is 4. The average molecular weight is 459 g/mol. The Bertz CT molecular complexity index is 1170. The Morgan fingerprint density at radius 1 is 1.00 bits per heavy atom. The lowest BCUT2D eigenvalue weighted by Gasteiger charge is -2.51. The molecule has 3 heterocycles. The minimum atomic E-state index is -1.16. The van der Waals surface area contributed by atoms with Crippen molar-refractivity contribution in [3.63, 3.8) is 0 Å². The van der Waals surface area contributed by atoms with Gasteiger partial charge in [0.2, 0.25) is 0 Å². The largest absolute Gasteiger partial charge is 0.448 e. The van der Waals surface area contributed by atoms with Gasteiger partial charge in [-0.05, 0) is 53.6 Å². The summed E-state index contributed by atoms with van der Waals surface area (Å²) in [6.07, 6.45) is 4.22. The molecular formula is C28H27FN2O3. The number of nitrogens with zero attached hydrogens (tertiary/aromatic N) is 2. The molecular weight excluding hydrogens is 431 g/mol. The standard InChI is InChI=1S/C28H27FN2O3/c29-18-12-13-26(30-16-18)28(33)14-19-6-5-7-20(15-28)31(19)27(32)34-17-25-23-10-3-1-8-21(23)22-9-2-4-11-24(22)25/h1-4,8-13,16,19-20,25,33H,5-7,14-15,17H2. The number of amides is 1. The predicted octanol–water partition coefficient (Wildman–Crippen LogP) is 5.37. The van der Waals surface area contributed by atoms with E-state index in [1.165, 1.54) is 28.3 Å². The first-order valence-corrected chi connectivity index (χ1v) is 12.0. The Hall–Kier alpha value is -3.25. The second kappa shape index (κ2) is 8.20. The third kappa shape index (κ3) is 3.48. The van der Waals surface area contributed by atoms with Gasteiger partial charge in [-0.2, -0.15) is 0 Å². The average Bonchev–Trinajstić information content (AvgIpc) is 3.16. The SMILES string of the molecule is O=C(OCC1c2ccccc2-c2ccccc21)N1C2CCCC1CC(O)(c1ccc(F)cn1)C2. The molecule has 34 heavy (non-hydrogen) atoms. The van der Waals surface area contributed by atoms with Crippen LogP contribution in [-0.2, 0) is 10.3 Å². The number of piperidine rings is 2. The van der Waals surface area contributed by atoms with E-state index in [4.69, 9.17) is 4.74 Å². The summed E-state index contributed by atoms with van der Waals surface area (Å²) in [5.41, 5.74) is 4.08. The highest BCUT2D eigenvalue weighted by atomic mass is 19.1. The summed E-state index contributed by atoms with van der Waals surface area (Å²) in [6.45, 7) is 0.284. The van der Waals surface area contributed by atoms with Gasteiger partial charge >= 0.3 is 6.09 Å². The van der Waals surface area contributed by atoms with E-state index in [9.17, 15) is 14.3 Å². The molecule has 1 amide bonds. The molecule has 1 aromatic heterocycles. The predicted molar refractivity (Wildman–Crippen MR) is 126 cm³/mol. The number of ether oxygens (including phenoxy) is 1. The van der Waals surface area contributed by atoms with Crippen molar-refractivity contribution in [2.24, 2.45) is 0 Å². The van der Waals surface area contributed by atoms with Gasteiger partial charge in [0, 0.05) is 30.8 Å². The number of aromatic nitrogens is 1. The zero-order valence-electron chi connectivity index (χ0n) is 18.9. The number of aliphatic hydroxyl groups is 1. The van der Waals surface area contributed by atoms with Gasteiger partial charge < -0.3 is 14.7 Å². The number of rotatable bonds is 3. The monoisotopic (exact) mass is 458 g/mol. The first-order chi connectivity index (χ1) is 16.5. The van der Waals surface area contributed by atoms with Crippen molar-refractivity contribution in [2.75, 3.05) is 6.61 Å². The summed E-state index contributed by atoms with van der Waals surface area (Å²) in [5, 5.41) is 11.4. The highest BCUT2D eigenvalue weighted by Crippen LogP contribution is 2.46. The van der Waals surface area contributed by atoms with Gasteiger partial charge in [0.1, 0.15) is 18.0 Å². The van der Waals surface area contributed by atoms with Crippen molar-refractivity contribution >= 4 is 6.09 Å². The molecule has 6 rings (SSSR count). The summed E-state index contributed by atoms with van der Waals surface area (Å²) in [5.74, 6) is -0.412. The van der Waals surface area contributed by atoms with Crippen LogP contribution >= 0.6 is 0 Å². The van der Waals surface area contributed by atoms with Crippen LogP contribution in [0.2, 0.25) is 0 Å². The second-order valence-corrected chi connectivity index (χ2v) is 9.75. The van der Waals surface area contributed by atoms with Crippen LogP contribution in [0.5, 0.6) is 0 Å². The minimum Gasteiger partial charge on any atom is -0.448 e. The van der Waals surface area contributed by atoms with Crippen LogP contribution in [0, 0.1) is 5.82 Å². The van der Waals surface area contributed by atoms with Crippen molar-refractivity contribution in [1.82, 2.24) is 9.88 Å². The van der Waals surface area contributed by atoms with E-state index in [0.717, 1.165) is 25.5 Å². The van der Waals surface area contributed by atoms with Gasteiger partial charge in [-0.15, -0.1) is 0 Å². The number of benzene rings is 2. The fraction of sp³-hybridized carbons (Fsp3) is 0.357. The zero-order chi connectivity index (χ0) is 23.3. The first kappa shape index (κ1) is 21.3. The maximum atomic E-state index is 13.4. The molecule has 2 fully saturated rings. The minimum absolute atomic E-state index is 0.0151. The van der Waals surface area contributed by atoms with E-state index in [1.807, 2.05) is 29.2 Å². The van der Waals surface area contributed by atoms with Crippen LogP contribution in [0.25, 0.3) is 11.1 Å². The van der Waals surface area contributed by atoms with Crippen molar-refractivity contribution < 1.29 is 19.0 Å². The molecule has 2 bridgehead atoms. The zero-order valence-corrected chi connectivity index (χ0v) is 18.9. The molecule has 2 unspecified atom stereocenters. The van der Waals surface area contributed by atoms with Crippen molar-refractivity contribution in [3.8, 4) is 11.1 Å². The van der Waals surface area contributed by atoms with E-state index in [0.29, 0.717) is 18.5 Å². The van der Waals surface area contributed by atoms with Gasteiger partial charge in [0.25, 0.3) is 0 Å². The Morgan fingerprint density at radius 2 is 1.62 bits per heavy atom. The van der Waals surface area contributed by atoms with Crippen LogP contribution in [0.3, 0.4) is 0 Å². The molecule has 174 valence electrons. The Labute approximate surface area is 198 Å². The smallest absolute Gasteiger partial charge is 0.410 e. The van der Waals surface area contributed by atoms with Crippen LogP contribution in [0.4, 0.5) is 9.18 Å². The van der Waals surface area contributed by atoms with Gasteiger partial charge in [-0.25, -0.2) is 9.18 Å². The maximum Gasteiger partial charge on any atom is 0.410 e. The van der Waals surface area contributed by atoms with Crippen LogP contribution in [0.1, 0.15) is 54.8 Å². The lowest BCUT2D eigenvalue weighted by molar-refractivity contribution is -0.0913. The summed E-state index contributed by atoms with van der Waals surface area (Å²) < 4.78 is 19.3. The lowest BCUT2D eigenvalue weighted by Crippen LogP contribution is -2.59. The van der Waals surface area contributed by atoms with Gasteiger partial charge in [-0.1, -0.05) is 48.5 Å². The normalized spacial score (nSPS) is 25.5. The molecule has 2 atom stereocenters. The number of hydrogen-bond donors (Lipinski definition) is 1. The molecule has 1 aliphatic carbocycles. The van der Waals surface area contributed by atoms with Crippen LogP contribution in [0.15, 0.2) is 66.9 Å². The summed E-state index contributed by atoms with van der Waals surface area (Å²) in [4.78, 5) is 19.3. The molecule has 3 aliphatic rings. The quantitative estimate of drug-likeness (QED) is 0.573. The van der Waals surface area contributed by atoms with E-state index in [1.54, 1.807) is 6.07 Å². The lowest BCUT2D eigenvalue weighted by atomic mass is 9.74. The number of fused-ring (bicyclic) bond motifs is 5. The van der Waals surface area contributed by atoms with Crippen molar-refractivity contribution in [1.29, 1.82) is 0 Å². The van der Waals surface area contributed by atoms with Gasteiger partial charge in [-0.3, -0.25) is 4.98 Å². The summed E-state index contributed by atoms with van der Waals surface area (Å²) >= 11 is 0. The van der Waals surface area contributed by atoms with Crippen LogP contribution in [-0.4, -0.2) is 39.8 Å². The second-order valence-electron chi connectivity index (χ2n) is 9.75. The first-order valence-electron chi connectivity index (χ1n) is 12.0. The Kier molecular flexibility index (Phi) is 5.14. The molecule has 2 saturated heterocycles. The fourth-order valence-electron chi connectivity index (χ4n) is 6.26. The van der Waals surface area contributed by atoms with Crippen LogP contribution < -0.4 is 0 Å². The highest BCUT2D eigenvalue weighted by molar-refractivity contribution is 5.79. The molecule has 5 nitrogen and oxygen atoms in total. The van der Waals surface area contributed by atoms with Gasteiger partial charge in [0.15, 0.2) is 0 Å². The van der Waals surface area contributed by atoms with E-state index in [2.05, 4.69) is 29.2 Å². The third-order valence-electron chi connectivity index (χ3n) is 7.76. The van der Waals surface area contributed by atoms with Crippen molar-refractivity contribution in [3.05, 3.63) is 89.5 Å². The maximum absolute atomic E-state index is 13.4. The summed E-state index contributed by atoms with van der Waals surface area (Å²) in [7, 11) is 0. The Morgan fingerprint density at radius 3 is 2.21 bits per heavy atom. The van der Waals surface area contributed by atoms with E-state index in [-0.39, 0.29) is 30.7 Å². The number of carbonyl (C=O) groups excluding carboxylic acids is 1. The highest BCUT2D eigenvalue weighted by Gasteiger charge is 2.49. The molecule has 6 heteroatoms. The summed E-state index contributed by atoms with van der Waals surface area (Å²) in [6, 6.07) is 19.2. The number of carbonyl (C=O) groups is 1. The number of halogens is 1. The molecule has 3 aromatic rings. The molecule has 2 aromatic carbocycles. The van der Waals surface area contributed by atoms with E-state index < -0.39 is 11.4 Å². The molecule has 0 spiro atoms. The van der Waals surface area contributed by atoms with E-state index >= 15 is 0 Å². The molecule has 0 saturated carbocycles. The van der Waals surface area contributed by atoms with Gasteiger partial charge in [0.05, 0.1) is 11.9 Å². The number of pyridine rings is 1. The topological polar surface area (TPSA) is 62.7 Å².